The number of carbonyl (C=O) groups is 2. The highest BCUT2D eigenvalue weighted by atomic mass is 16.4. The number of aliphatic carboxylic acids is 1. The Bertz CT molecular complexity index is 1520. The molecule has 8 nitrogen and oxygen atoms in total. The predicted octanol–water partition coefficient (Wildman–Crippen LogP) is 3.83. The molecule has 2 bridgehead atoms. The van der Waals surface area contributed by atoms with E-state index in [-0.39, 0.29) is 23.3 Å². The van der Waals surface area contributed by atoms with Crippen molar-refractivity contribution in [1.82, 2.24) is 14.5 Å². The van der Waals surface area contributed by atoms with Crippen molar-refractivity contribution in [2.75, 3.05) is 18.4 Å². The van der Waals surface area contributed by atoms with E-state index < -0.39 is 12.0 Å². The number of aromatic nitrogens is 2. The zero-order valence-electron chi connectivity index (χ0n) is 19.6. The molecule has 2 aromatic carbocycles. The first-order valence-corrected chi connectivity index (χ1v) is 12.1. The van der Waals surface area contributed by atoms with Gasteiger partial charge in [0.1, 0.15) is 6.04 Å². The number of pyridine rings is 1. The van der Waals surface area contributed by atoms with Gasteiger partial charge in [0.15, 0.2) is 0 Å². The number of hydrogen-bond acceptors (Lipinski definition) is 4. The van der Waals surface area contributed by atoms with Crippen LogP contribution >= 0.6 is 0 Å². The average molecular weight is 483 g/mol. The van der Waals surface area contributed by atoms with Crippen molar-refractivity contribution in [1.29, 1.82) is 0 Å². The van der Waals surface area contributed by atoms with Gasteiger partial charge in [-0.05, 0) is 48.7 Å². The number of amides is 1. The number of nitrogens with zero attached hydrogens (tertiary/aromatic N) is 2. The third-order valence-electron chi connectivity index (χ3n) is 7.41. The third kappa shape index (κ3) is 3.89. The molecule has 1 fully saturated rings. The lowest BCUT2D eigenvalue weighted by Gasteiger charge is -2.44. The minimum absolute atomic E-state index is 0.00661. The molecule has 182 valence electrons. The number of carbonyl (C=O) groups excluding carboxylic acids is 1. The Balaban J connectivity index is 1.32. The first kappa shape index (κ1) is 22.3. The second-order valence-corrected chi connectivity index (χ2v) is 9.72. The summed E-state index contributed by atoms with van der Waals surface area (Å²) in [5.74, 6) is -0.817. The van der Waals surface area contributed by atoms with Crippen LogP contribution in [0.25, 0.3) is 10.9 Å². The Hall–Kier alpha value is -4.17. The van der Waals surface area contributed by atoms with Gasteiger partial charge in [0.2, 0.25) is 0 Å². The fourth-order valence-electron chi connectivity index (χ4n) is 5.87. The molecule has 0 unspecified atom stereocenters. The zero-order chi connectivity index (χ0) is 24.8. The van der Waals surface area contributed by atoms with Crippen LogP contribution in [-0.2, 0) is 11.3 Å². The summed E-state index contributed by atoms with van der Waals surface area (Å²) in [5, 5.41) is 14.0. The monoisotopic (exact) mass is 482 g/mol. The van der Waals surface area contributed by atoms with Gasteiger partial charge in [-0.1, -0.05) is 24.3 Å². The lowest BCUT2D eigenvalue weighted by Crippen LogP contribution is -2.49. The number of carboxylic acid groups (broad SMARTS) is 1. The largest absolute Gasteiger partial charge is 0.480 e. The number of H-pyrrole nitrogens is 1. The maximum absolute atomic E-state index is 12.7. The van der Waals surface area contributed by atoms with Crippen molar-refractivity contribution in [3.05, 3.63) is 100 Å². The summed E-state index contributed by atoms with van der Waals surface area (Å²) in [6, 6.07) is 19.0. The Labute approximate surface area is 207 Å². The number of carboxylic acids is 1. The van der Waals surface area contributed by atoms with Crippen LogP contribution in [0.2, 0.25) is 0 Å². The summed E-state index contributed by atoms with van der Waals surface area (Å²) < 4.78 is 1.85. The number of aromatic amines is 1. The van der Waals surface area contributed by atoms with Crippen LogP contribution < -0.4 is 10.9 Å². The molecule has 3 N–H and O–H groups in total. The van der Waals surface area contributed by atoms with E-state index in [4.69, 9.17) is 0 Å². The molecule has 8 heteroatoms. The molecule has 0 aliphatic carbocycles. The number of benzene rings is 2. The minimum Gasteiger partial charge on any atom is -0.480 e. The number of hydrogen-bond donors (Lipinski definition) is 3. The van der Waals surface area contributed by atoms with E-state index in [2.05, 4.69) is 10.3 Å². The van der Waals surface area contributed by atoms with E-state index in [0.717, 1.165) is 23.0 Å². The molecule has 2 aromatic heterocycles. The highest BCUT2D eigenvalue weighted by molar-refractivity contribution is 6.05. The van der Waals surface area contributed by atoms with Crippen molar-refractivity contribution in [3.63, 3.8) is 0 Å². The summed E-state index contributed by atoms with van der Waals surface area (Å²) >= 11 is 0. The fourth-order valence-corrected chi connectivity index (χ4v) is 5.87. The van der Waals surface area contributed by atoms with Gasteiger partial charge in [0.25, 0.3) is 11.5 Å². The van der Waals surface area contributed by atoms with Crippen molar-refractivity contribution in [2.45, 2.75) is 24.9 Å². The molecule has 2 aliphatic rings. The smallest absolute Gasteiger partial charge is 0.325 e. The lowest BCUT2D eigenvalue weighted by molar-refractivity contribution is -0.144. The molecule has 4 aromatic rings. The average Bonchev–Trinajstić information content (AvgIpc) is 3.28. The highest BCUT2D eigenvalue weighted by Crippen LogP contribution is 2.40. The number of nitrogens with one attached hydrogen (secondary N) is 2. The number of piperidine rings is 1. The highest BCUT2D eigenvalue weighted by Gasteiger charge is 2.40. The second-order valence-electron chi connectivity index (χ2n) is 9.72. The van der Waals surface area contributed by atoms with Crippen LogP contribution in [0.1, 0.15) is 40.0 Å². The molecule has 4 heterocycles. The molecule has 1 saturated heterocycles. The van der Waals surface area contributed by atoms with E-state index in [9.17, 15) is 19.5 Å². The maximum Gasteiger partial charge on any atom is 0.325 e. The van der Waals surface area contributed by atoms with Crippen LogP contribution in [0.4, 0.5) is 5.69 Å². The van der Waals surface area contributed by atoms with Gasteiger partial charge in [-0.15, -0.1) is 0 Å². The Morgan fingerprint density at radius 3 is 2.64 bits per heavy atom. The van der Waals surface area contributed by atoms with Gasteiger partial charge in [-0.25, -0.2) is 0 Å². The topological polar surface area (TPSA) is 107 Å². The van der Waals surface area contributed by atoms with Gasteiger partial charge in [-0.2, -0.15) is 0 Å². The van der Waals surface area contributed by atoms with Gasteiger partial charge < -0.3 is 20.0 Å². The number of anilines is 1. The van der Waals surface area contributed by atoms with Crippen LogP contribution in [0.15, 0.2) is 77.7 Å². The number of fused-ring (bicyclic) bond motifs is 5. The van der Waals surface area contributed by atoms with Crippen LogP contribution in [0.5, 0.6) is 0 Å². The molecule has 2 aliphatic heterocycles. The summed E-state index contributed by atoms with van der Waals surface area (Å²) in [5.41, 5.74) is 3.62. The normalized spacial score (nSPS) is 20.0. The van der Waals surface area contributed by atoms with E-state index >= 15 is 0 Å². The quantitative estimate of drug-likeness (QED) is 0.401. The molecule has 0 spiro atoms. The standard InChI is InChI=1S/C28H26N4O4/c33-25-8-4-7-24-19-11-17(15-32(24)25)14-31(16-19)26(28(35)36)22-13-29-23-10-9-20(12-21(22)23)30-27(34)18-5-2-1-3-6-18/h1-10,12-13,17,19,26,29H,11,14-16H2,(H,30,34)(H,35,36)/t17-,19-,26-/m1/s1. The van der Waals surface area contributed by atoms with Crippen molar-refractivity contribution in [3.8, 4) is 0 Å². The van der Waals surface area contributed by atoms with Crippen LogP contribution in [0, 0.1) is 5.92 Å². The molecule has 1 amide bonds. The first-order chi connectivity index (χ1) is 17.5. The maximum atomic E-state index is 12.7. The van der Waals surface area contributed by atoms with Gasteiger partial charge in [0, 0.05) is 71.2 Å². The summed E-state index contributed by atoms with van der Waals surface area (Å²) in [7, 11) is 0. The number of rotatable bonds is 5. The van der Waals surface area contributed by atoms with Crippen LogP contribution in [0.3, 0.4) is 0 Å². The first-order valence-electron chi connectivity index (χ1n) is 12.1. The molecular weight excluding hydrogens is 456 g/mol. The Kier molecular flexibility index (Phi) is 5.45. The molecule has 0 radical (unpaired) electrons. The SMILES string of the molecule is O=C(Nc1ccc2[nH]cc([C@H](C(=O)O)N3C[C@H]4C[C@H](C3)c3cccc(=O)n3C4)c2c1)c1ccccc1. The van der Waals surface area contributed by atoms with Crippen molar-refractivity contribution >= 4 is 28.5 Å². The lowest BCUT2D eigenvalue weighted by atomic mass is 9.82. The number of likely N-dealkylation sites (tertiary alicyclic amines) is 1. The van der Waals surface area contributed by atoms with Crippen LogP contribution in [-0.4, -0.2) is 44.5 Å². The molecule has 0 saturated carbocycles. The summed E-state index contributed by atoms with van der Waals surface area (Å²) in [4.78, 5) is 42.9. The van der Waals surface area contributed by atoms with E-state index in [1.807, 2.05) is 45.9 Å². The minimum atomic E-state index is -0.917. The Morgan fingerprint density at radius 2 is 1.83 bits per heavy atom. The zero-order valence-corrected chi connectivity index (χ0v) is 19.6. The van der Waals surface area contributed by atoms with E-state index in [1.165, 1.54) is 0 Å². The fraction of sp³-hybridized carbons (Fsp3) is 0.250. The van der Waals surface area contributed by atoms with E-state index in [1.54, 1.807) is 36.5 Å². The van der Waals surface area contributed by atoms with Crippen molar-refractivity contribution in [2.24, 2.45) is 5.92 Å². The molecule has 6 rings (SSSR count). The third-order valence-corrected chi connectivity index (χ3v) is 7.41. The van der Waals surface area contributed by atoms with Gasteiger partial charge >= 0.3 is 5.97 Å². The predicted molar refractivity (Wildman–Crippen MR) is 136 cm³/mol. The van der Waals surface area contributed by atoms with Gasteiger partial charge in [-0.3, -0.25) is 19.3 Å². The molecule has 36 heavy (non-hydrogen) atoms. The second kappa shape index (κ2) is 8.80. The Morgan fingerprint density at radius 1 is 1.00 bits per heavy atom. The molecular formula is C28H26N4O4. The van der Waals surface area contributed by atoms with Crippen molar-refractivity contribution < 1.29 is 14.7 Å². The summed E-state index contributed by atoms with van der Waals surface area (Å²) in [6.45, 7) is 1.78. The van der Waals surface area contributed by atoms with E-state index in [0.29, 0.717) is 36.4 Å². The van der Waals surface area contributed by atoms with Gasteiger partial charge in [0.05, 0.1) is 0 Å². The summed E-state index contributed by atoms with van der Waals surface area (Å²) in [6.07, 6.45) is 2.71. The molecule has 3 atom stereocenters.